The predicted octanol–water partition coefficient (Wildman–Crippen LogP) is 1.67. The molecule has 0 radical (unpaired) electrons. The summed E-state index contributed by atoms with van der Waals surface area (Å²) < 4.78 is 5.69. The highest BCUT2D eigenvalue weighted by molar-refractivity contribution is 5.16. The van der Waals surface area contributed by atoms with Gasteiger partial charge >= 0.3 is 0 Å². The van der Waals surface area contributed by atoms with Gasteiger partial charge in [-0.2, -0.15) is 0 Å². The zero-order valence-corrected chi connectivity index (χ0v) is 11.2. The molecule has 0 amide bonds. The summed E-state index contributed by atoms with van der Waals surface area (Å²) in [7, 11) is 2.15. The van der Waals surface area contributed by atoms with Gasteiger partial charge in [0.25, 0.3) is 0 Å². The van der Waals surface area contributed by atoms with Crippen LogP contribution in [0, 0.1) is 0 Å². The number of nitrogens with zero attached hydrogens (tertiary/aromatic N) is 1. The van der Waals surface area contributed by atoms with Gasteiger partial charge in [-0.05, 0) is 31.9 Å². The number of hydrogen-bond donors (Lipinski definition) is 1. The van der Waals surface area contributed by atoms with Crippen LogP contribution in [0.2, 0.25) is 0 Å². The van der Waals surface area contributed by atoms with E-state index >= 15 is 0 Å². The maximum Gasteiger partial charge on any atom is 0.0702 e. The zero-order chi connectivity index (χ0) is 12.8. The normalized spacial score (nSPS) is 21.4. The highest BCUT2D eigenvalue weighted by Crippen LogP contribution is 2.15. The second-order valence-electron chi connectivity index (χ2n) is 5.15. The van der Waals surface area contributed by atoms with Gasteiger partial charge in [-0.1, -0.05) is 30.3 Å². The van der Waals surface area contributed by atoms with E-state index in [1.165, 1.54) is 18.4 Å². The molecule has 100 valence electrons. The first kappa shape index (κ1) is 13.5. The monoisotopic (exact) mass is 248 g/mol. The molecule has 1 aromatic carbocycles. The largest absolute Gasteiger partial charge is 0.377 e. The van der Waals surface area contributed by atoms with Crippen molar-refractivity contribution in [3.05, 3.63) is 35.9 Å². The van der Waals surface area contributed by atoms with Crippen LogP contribution in [0.4, 0.5) is 0 Å². The van der Waals surface area contributed by atoms with Crippen LogP contribution in [0.15, 0.2) is 30.3 Å². The van der Waals surface area contributed by atoms with Gasteiger partial charge in [0, 0.05) is 25.7 Å². The summed E-state index contributed by atoms with van der Waals surface area (Å²) in [4.78, 5) is 2.35. The van der Waals surface area contributed by atoms with Crippen molar-refractivity contribution in [2.45, 2.75) is 31.4 Å². The molecule has 0 bridgehead atoms. The molecule has 1 aliphatic rings. The van der Waals surface area contributed by atoms with E-state index in [4.69, 9.17) is 10.5 Å². The van der Waals surface area contributed by atoms with Gasteiger partial charge in [0.05, 0.1) is 6.10 Å². The topological polar surface area (TPSA) is 38.5 Å². The molecule has 1 heterocycles. The lowest BCUT2D eigenvalue weighted by Gasteiger charge is -2.29. The third kappa shape index (κ3) is 3.80. The number of nitrogens with two attached hydrogens (primary N) is 1. The van der Waals surface area contributed by atoms with Gasteiger partial charge in [0.15, 0.2) is 0 Å². The number of likely N-dealkylation sites (N-methyl/N-ethyl adjacent to an activating group) is 1. The molecule has 2 unspecified atom stereocenters. The summed E-state index contributed by atoms with van der Waals surface area (Å²) in [5, 5.41) is 0. The van der Waals surface area contributed by atoms with Crippen molar-refractivity contribution in [3.8, 4) is 0 Å². The lowest BCUT2D eigenvalue weighted by atomic mass is 10.0. The van der Waals surface area contributed by atoms with Crippen molar-refractivity contribution in [2.75, 3.05) is 26.7 Å². The Morgan fingerprint density at radius 3 is 2.78 bits per heavy atom. The van der Waals surface area contributed by atoms with E-state index < -0.39 is 0 Å². The third-order valence-electron chi connectivity index (χ3n) is 3.73. The van der Waals surface area contributed by atoms with Crippen molar-refractivity contribution in [1.82, 2.24) is 4.90 Å². The summed E-state index contributed by atoms with van der Waals surface area (Å²) in [5.74, 6) is 0. The van der Waals surface area contributed by atoms with Crippen molar-refractivity contribution in [2.24, 2.45) is 5.73 Å². The quantitative estimate of drug-likeness (QED) is 0.832. The summed E-state index contributed by atoms with van der Waals surface area (Å²) in [6, 6.07) is 11.0. The Morgan fingerprint density at radius 1 is 1.39 bits per heavy atom. The molecule has 2 rings (SSSR count). The standard InChI is InChI=1S/C15H24N2O/c1-17(12-15-8-5-9-18-15)14(11-16)10-13-6-3-2-4-7-13/h2-4,6-7,14-15H,5,8-12,16H2,1H3. The van der Waals surface area contributed by atoms with Crippen molar-refractivity contribution >= 4 is 0 Å². The molecule has 3 nitrogen and oxygen atoms in total. The number of benzene rings is 1. The van der Waals surface area contributed by atoms with E-state index in [1.54, 1.807) is 0 Å². The van der Waals surface area contributed by atoms with Crippen LogP contribution < -0.4 is 5.73 Å². The molecule has 2 atom stereocenters. The fraction of sp³-hybridized carbons (Fsp3) is 0.600. The third-order valence-corrected chi connectivity index (χ3v) is 3.73. The molecule has 1 aromatic rings. The summed E-state index contributed by atoms with van der Waals surface area (Å²) in [5.41, 5.74) is 7.27. The van der Waals surface area contributed by atoms with E-state index in [2.05, 4.69) is 42.3 Å². The molecule has 0 aliphatic carbocycles. The average Bonchev–Trinajstić information content (AvgIpc) is 2.90. The smallest absolute Gasteiger partial charge is 0.0702 e. The number of rotatable bonds is 6. The van der Waals surface area contributed by atoms with Crippen LogP contribution in [-0.4, -0.2) is 43.8 Å². The van der Waals surface area contributed by atoms with Crippen LogP contribution in [0.5, 0.6) is 0 Å². The number of ether oxygens (including phenoxy) is 1. The maximum absolute atomic E-state index is 5.91. The molecule has 0 saturated carbocycles. The molecule has 1 saturated heterocycles. The van der Waals surface area contributed by atoms with E-state index in [1.807, 2.05) is 0 Å². The van der Waals surface area contributed by atoms with Crippen LogP contribution >= 0.6 is 0 Å². The molecular formula is C15H24N2O. The summed E-state index contributed by atoms with van der Waals surface area (Å²) >= 11 is 0. The van der Waals surface area contributed by atoms with Crippen molar-refractivity contribution in [3.63, 3.8) is 0 Å². The van der Waals surface area contributed by atoms with Crippen LogP contribution in [0.25, 0.3) is 0 Å². The first-order valence-corrected chi connectivity index (χ1v) is 6.85. The average molecular weight is 248 g/mol. The van der Waals surface area contributed by atoms with E-state index in [9.17, 15) is 0 Å². The molecule has 0 spiro atoms. The first-order valence-electron chi connectivity index (χ1n) is 6.85. The van der Waals surface area contributed by atoms with Crippen LogP contribution in [0.3, 0.4) is 0 Å². The minimum atomic E-state index is 0.400. The van der Waals surface area contributed by atoms with Gasteiger partial charge in [0.2, 0.25) is 0 Å². The molecule has 3 heteroatoms. The van der Waals surface area contributed by atoms with Crippen molar-refractivity contribution in [1.29, 1.82) is 0 Å². The van der Waals surface area contributed by atoms with Gasteiger partial charge in [0.1, 0.15) is 0 Å². The predicted molar refractivity (Wildman–Crippen MR) is 74.6 cm³/mol. The minimum absolute atomic E-state index is 0.400. The first-order chi connectivity index (χ1) is 8.79. The van der Waals surface area contributed by atoms with Crippen LogP contribution in [0.1, 0.15) is 18.4 Å². The van der Waals surface area contributed by atoms with Gasteiger partial charge < -0.3 is 10.5 Å². The lowest BCUT2D eigenvalue weighted by molar-refractivity contribution is 0.0690. The summed E-state index contributed by atoms with van der Waals surface area (Å²) in [6.45, 7) is 2.61. The Morgan fingerprint density at radius 2 is 2.17 bits per heavy atom. The molecule has 1 aliphatic heterocycles. The Balaban J connectivity index is 1.87. The highest BCUT2D eigenvalue weighted by Gasteiger charge is 2.21. The Labute approximate surface area is 110 Å². The maximum atomic E-state index is 5.91. The van der Waals surface area contributed by atoms with Gasteiger partial charge in [-0.15, -0.1) is 0 Å². The van der Waals surface area contributed by atoms with Crippen molar-refractivity contribution < 1.29 is 4.74 Å². The van der Waals surface area contributed by atoms with E-state index in [-0.39, 0.29) is 0 Å². The SMILES string of the molecule is CN(CC1CCCO1)C(CN)Cc1ccccc1. The van der Waals surface area contributed by atoms with E-state index in [0.29, 0.717) is 18.7 Å². The lowest BCUT2D eigenvalue weighted by Crippen LogP contribution is -2.43. The van der Waals surface area contributed by atoms with E-state index in [0.717, 1.165) is 19.6 Å². The molecule has 2 N–H and O–H groups in total. The number of hydrogen-bond acceptors (Lipinski definition) is 3. The Hall–Kier alpha value is -0.900. The minimum Gasteiger partial charge on any atom is -0.377 e. The molecule has 1 fully saturated rings. The van der Waals surface area contributed by atoms with Gasteiger partial charge in [-0.25, -0.2) is 0 Å². The second kappa shape index (κ2) is 6.88. The highest BCUT2D eigenvalue weighted by atomic mass is 16.5. The fourth-order valence-electron chi connectivity index (χ4n) is 2.56. The summed E-state index contributed by atoms with van der Waals surface area (Å²) in [6.07, 6.45) is 3.80. The fourth-order valence-corrected chi connectivity index (χ4v) is 2.56. The molecular weight excluding hydrogens is 224 g/mol. The molecule has 18 heavy (non-hydrogen) atoms. The second-order valence-corrected chi connectivity index (χ2v) is 5.15. The van der Waals surface area contributed by atoms with Gasteiger partial charge in [-0.3, -0.25) is 4.90 Å². The zero-order valence-electron chi connectivity index (χ0n) is 11.2. The Kier molecular flexibility index (Phi) is 5.17. The Bertz CT molecular complexity index is 336. The molecule has 0 aromatic heterocycles. The van der Waals surface area contributed by atoms with Crippen LogP contribution in [-0.2, 0) is 11.2 Å².